The maximum atomic E-state index is 9.96. The SMILES string of the molecule is Cc1cccc(-c2nc(Cl)c3cccc(O)n23)c1. The molecule has 0 spiro atoms. The first-order valence-corrected chi connectivity index (χ1v) is 5.97. The Labute approximate surface area is 109 Å². The number of fused-ring (bicyclic) bond motifs is 1. The van der Waals surface area contributed by atoms with Crippen molar-refractivity contribution in [3.05, 3.63) is 53.2 Å². The van der Waals surface area contributed by atoms with Crippen molar-refractivity contribution in [1.82, 2.24) is 9.38 Å². The maximum absolute atomic E-state index is 9.96. The van der Waals surface area contributed by atoms with Crippen LogP contribution in [0.3, 0.4) is 0 Å². The van der Waals surface area contributed by atoms with Gasteiger partial charge in [-0.15, -0.1) is 0 Å². The molecule has 0 amide bonds. The van der Waals surface area contributed by atoms with Gasteiger partial charge in [0.15, 0.2) is 11.0 Å². The van der Waals surface area contributed by atoms with Crippen molar-refractivity contribution in [1.29, 1.82) is 0 Å². The van der Waals surface area contributed by atoms with Crippen molar-refractivity contribution in [2.75, 3.05) is 0 Å². The topological polar surface area (TPSA) is 37.5 Å². The van der Waals surface area contributed by atoms with Gasteiger partial charge in [-0.25, -0.2) is 4.98 Å². The minimum Gasteiger partial charge on any atom is -0.494 e. The van der Waals surface area contributed by atoms with Crippen molar-refractivity contribution in [2.45, 2.75) is 6.92 Å². The number of aromatic nitrogens is 2. The second kappa shape index (κ2) is 4.03. The van der Waals surface area contributed by atoms with Crippen LogP contribution in [0.4, 0.5) is 0 Å². The maximum Gasteiger partial charge on any atom is 0.197 e. The van der Waals surface area contributed by atoms with Crippen LogP contribution < -0.4 is 0 Å². The Bertz CT molecular complexity index is 734. The van der Waals surface area contributed by atoms with Gasteiger partial charge < -0.3 is 5.11 Å². The Morgan fingerprint density at radius 2 is 1.94 bits per heavy atom. The molecular weight excluding hydrogens is 248 g/mol. The van der Waals surface area contributed by atoms with Gasteiger partial charge in [-0.2, -0.15) is 0 Å². The monoisotopic (exact) mass is 258 g/mol. The molecule has 3 nitrogen and oxygen atoms in total. The predicted octanol–water partition coefficient (Wildman–Crippen LogP) is 3.67. The number of nitrogens with zero attached hydrogens (tertiary/aromatic N) is 2. The van der Waals surface area contributed by atoms with Gasteiger partial charge in [0.25, 0.3) is 0 Å². The van der Waals surface area contributed by atoms with Gasteiger partial charge >= 0.3 is 0 Å². The van der Waals surface area contributed by atoms with Crippen LogP contribution in [0.2, 0.25) is 5.15 Å². The lowest BCUT2D eigenvalue weighted by atomic mass is 10.1. The minimum atomic E-state index is 0.128. The molecule has 0 aliphatic rings. The van der Waals surface area contributed by atoms with Crippen LogP contribution in [-0.4, -0.2) is 14.5 Å². The number of benzene rings is 1. The molecule has 3 rings (SSSR count). The summed E-state index contributed by atoms with van der Waals surface area (Å²) in [5, 5.41) is 10.4. The third kappa shape index (κ3) is 1.64. The fourth-order valence-electron chi connectivity index (χ4n) is 2.06. The largest absolute Gasteiger partial charge is 0.494 e. The highest BCUT2D eigenvalue weighted by Gasteiger charge is 2.13. The number of halogens is 1. The van der Waals surface area contributed by atoms with Crippen LogP contribution in [0.15, 0.2) is 42.5 Å². The van der Waals surface area contributed by atoms with E-state index in [0.29, 0.717) is 16.5 Å². The molecule has 2 aromatic heterocycles. The van der Waals surface area contributed by atoms with Crippen molar-refractivity contribution >= 4 is 17.1 Å². The minimum absolute atomic E-state index is 0.128. The molecule has 1 aromatic carbocycles. The van der Waals surface area contributed by atoms with Crippen LogP contribution in [0, 0.1) is 6.92 Å². The molecule has 3 aromatic rings. The van der Waals surface area contributed by atoms with E-state index in [4.69, 9.17) is 11.6 Å². The van der Waals surface area contributed by atoms with Crippen LogP contribution in [0.5, 0.6) is 5.88 Å². The van der Waals surface area contributed by atoms with Gasteiger partial charge in [0.2, 0.25) is 0 Å². The summed E-state index contributed by atoms with van der Waals surface area (Å²) >= 11 is 6.10. The molecule has 90 valence electrons. The zero-order valence-electron chi connectivity index (χ0n) is 9.76. The lowest BCUT2D eigenvalue weighted by molar-refractivity contribution is 0.447. The highest BCUT2D eigenvalue weighted by Crippen LogP contribution is 2.29. The Morgan fingerprint density at radius 3 is 2.72 bits per heavy atom. The van der Waals surface area contributed by atoms with Crippen molar-refractivity contribution in [2.24, 2.45) is 0 Å². The molecule has 0 saturated carbocycles. The molecule has 0 saturated heterocycles. The number of hydrogen-bond donors (Lipinski definition) is 1. The van der Waals surface area contributed by atoms with Gasteiger partial charge in [-0.3, -0.25) is 4.40 Å². The van der Waals surface area contributed by atoms with E-state index in [1.54, 1.807) is 16.5 Å². The summed E-state index contributed by atoms with van der Waals surface area (Å²) in [5.74, 6) is 0.778. The molecule has 0 radical (unpaired) electrons. The normalized spacial score (nSPS) is 11.0. The molecule has 0 atom stereocenters. The van der Waals surface area contributed by atoms with Crippen LogP contribution in [0.1, 0.15) is 5.56 Å². The standard InChI is InChI=1S/C14H11ClN2O/c1-9-4-2-5-10(8-9)14-16-13(15)11-6-3-7-12(18)17(11)14/h2-8,18H,1H3. The molecule has 1 N–H and O–H groups in total. The fraction of sp³-hybridized carbons (Fsp3) is 0.0714. The summed E-state index contributed by atoms with van der Waals surface area (Å²) in [6, 6.07) is 13.1. The summed E-state index contributed by atoms with van der Waals surface area (Å²) in [4.78, 5) is 4.33. The Kier molecular flexibility index (Phi) is 2.49. The number of imidazole rings is 1. The lowest BCUT2D eigenvalue weighted by Crippen LogP contribution is -1.90. The molecule has 4 heteroatoms. The average molecular weight is 259 g/mol. The Balaban J connectivity index is 2.36. The second-order valence-electron chi connectivity index (χ2n) is 4.20. The molecular formula is C14H11ClN2O. The number of aromatic hydroxyl groups is 1. The molecule has 0 aliphatic carbocycles. The third-order valence-corrected chi connectivity index (χ3v) is 3.15. The Morgan fingerprint density at radius 1 is 1.17 bits per heavy atom. The van der Waals surface area contributed by atoms with E-state index in [0.717, 1.165) is 11.1 Å². The number of hydrogen-bond acceptors (Lipinski definition) is 2. The zero-order valence-corrected chi connectivity index (χ0v) is 10.5. The van der Waals surface area contributed by atoms with E-state index in [1.165, 1.54) is 0 Å². The van der Waals surface area contributed by atoms with Gasteiger partial charge in [-0.05, 0) is 25.1 Å². The average Bonchev–Trinajstić information content (AvgIpc) is 2.69. The molecule has 0 fully saturated rings. The summed E-state index contributed by atoms with van der Waals surface area (Å²) < 4.78 is 1.65. The summed E-state index contributed by atoms with van der Waals surface area (Å²) in [7, 11) is 0. The third-order valence-electron chi connectivity index (χ3n) is 2.87. The number of rotatable bonds is 1. The van der Waals surface area contributed by atoms with Gasteiger partial charge in [-0.1, -0.05) is 41.4 Å². The smallest absolute Gasteiger partial charge is 0.197 e. The fourth-order valence-corrected chi connectivity index (χ4v) is 2.29. The highest BCUT2D eigenvalue weighted by molar-refractivity contribution is 6.33. The molecule has 0 unspecified atom stereocenters. The predicted molar refractivity (Wildman–Crippen MR) is 72.0 cm³/mol. The first-order valence-electron chi connectivity index (χ1n) is 5.60. The first-order chi connectivity index (χ1) is 8.66. The van der Waals surface area contributed by atoms with E-state index in [9.17, 15) is 5.11 Å². The second-order valence-corrected chi connectivity index (χ2v) is 4.56. The van der Waals surface area contributed by atoms with E-state index in [-0.39, 0.29) is 5.88 Å². The first kappa shape index (κ1) is 11.1. The summed E-state index contributed by atoms with van der Waals surface area (Å²) in [6.45, 7) is 2.01. The Hall–Kier alpha value is -2.00. The van der Waals surface area contributed by atoms with E-state index >= 15 is 0 Å². The summed E-state index contributed by atoms with van der Waals surface area (Å²) in [6.07, 6.45) is 0. The van der Waals surface area contributed by atoms with E-state index < -0.39 is 0 Å². The van der Waals surface area contributed by atoms with Crippen molar-refractivity contribution < 1.29 is 5.11 Å². The highest BCUT2D eigenvalue weighted by atomic mass is 35.5. The quantitative estimate of drug-likeness (QED) is 0.723. The van der Waals surface area contributed by atoms with Crippen molar-refractivity contribution in [3.8, 4) is 17.3 Å². The molecule has 0 bridgehead atoms. The summed E-state index contributed by atoms with van der Waals surface area (Å²) in [5.41, 5.74) is 2.77. The van der Waals surface area contributed by atoms with Gasteiger partial charge in [0, 0.05) is 5.56 Å². The van der Waals surface area contributed by atoms with Crippen LogP contribution in [0.25, 0.3) is 16.9 Å². The van der Waals surface area contributed by atoms with Gasteiger partial charge in [0.1, 0.15) is 5.82 Å². The lowest BCUT2D eigenvalue weighted by Gasteiger charge is -2.04. The van der Waals surface area contributed by atoms with Gasteiger partial charge in [0.05, 0.1) is 5.52 Å². The van der Waals surface area contributed by atoms with Crippen LogP contribution in [-0.2, 0) is 0 Å². The number of pyridine rings is 1. The van der Waals surface area contributed by atoms with Crippen LogP contribution >= 0.6 is 11.6 Å². The molecule has 2 heterocycles. The van der Waals surface area contributed by atoms with E-state index in [1.807, 2.05) is 37.3 Å². The molecule has 18 heavy (non-hydrogen) atoms. The number of aryl methyl sites for hydroxylation is 1. The molecule has 0 aliphatic heterocycles. The zero-order chi connectivity index (χ0) is 12.7. The van der Waals surface area contributed by atoms with E-state index in [2.05, 4.69) is 4.98 Å². The van der Waals surface area contributed by atoms with Crippen molar-refractivity contribution in [3.63, 3.8) is 0 Å².